The number of amides is 1. The summed E-state index contributed by atoms with van der Waals surface area (Å²) in [6.07, 6.45) is 0.830. The maximum absolute atomic E-state index is 12.0. The summed E-state index contributed by atoms with van der Waals surface area (Å²) in [7, 11) is 0. The third-order valence-corrected chi connectivity index (χ3v) is 6.69. The van der Waals surface area contributed by atoms with E-state index in [1.807, 2.05) is 30.3 Å². The number of halogens is 1. The van der Waals surface area contributed by atoms with Crippen LogP contribution in [0.5, 0.6) is 0 Å². The van der Waals surface area contributed by atoms with Crippen LogP contribution < -0.4 is 5.32 Å². The van der Waals surface area contributed by atoms with E-state index in [-0.39, 0.29) is 18.6 Å². The van der Waals surface area contributed by atoms with Gasteiger partial charge in [0.1, 0.15) is 6.61 Å². The molecule has 1 aliphatic rings. The van der Waals surface area contributed by atoms with E-state index in [0.717, 1.165) is 44.2 Å². The quantitative estimate of drug-likeness (QED) is 0.403. The monoisotopic (exact) mass is 491 g/mol. The summed E-state index contributed by atoms with van der Waals surface area (Å²) in [5.74, 6) is -0.0561. The van der Waals surface area contributed by atoms with Gasteiger partial charge in [0.2, 0.25) is 5.91 Å². The van der Waals surface area contributed by atoms with Crippen molar-refractivity contribution in [1.82, 2.24) is 15.1 Å². The van der Waals surface area contributed by atoms with Gasteiger partial charge in [-0.3, -0.25) is 14.6 Å². The first-order valence-electron chi connectivity index (χ1n) is 12.3. The molecule has 0 radical (unpaired) electrons. The fraction of sp³-hybridized carbons (Fsp3) is 0.345. The van der Waals surface area contributed by atoms with Crippen molar-refractivity contribution in [1.29, 1.82) is 0 Å². The lowest BCUT2D eigenvalue weighted by Crippen LogP contribution is -2.48. The zero-order valence-electron chi connectivity index (χ0n) is 20.1. The molecule has 3 aromatic rings. The molecule has 1 N–H and O–H groups in total. The van der Waals surface area contributed by atoms with Crippen molar-refractivity contribution < 1.29 is 9.53 Å². The van der Waals surface area contributed by atoms with E-state index in [1.54, 1.807) is 0 Å². The van der Waals surface area contributed by atoms with Crippen LogP contribution in [0, 0.1) is 0 Å². The Morgan fingerprint density at radius 3 is 2.17 bits per heavy atom. The molecule has 0 aliphatic carbocycles. The summed E-state index contributed by atoms with van der Waals surface area (Å²) < 4.78 is 5.65. The van der Waals surface area contributed by atoms with Crippen molar-refractivity contribution in [3.8, 4) is 0 Å². The Morgan fingerprint density at radius 2 is 1.49 bits per heavy atom. The van der Waals surface area contributed by atoms with Gasteiger partial charge in [0, 0.05) is 44.3 Å². The van der Waals surface area contributed by atoms with Gasteiger partial charge in [-0.25, -0.2) is 0 Å². The predicted molar refractivity (Wildman–Crippen MR) is 142 cm³/mol. The Labute approximate surface area is 213 Å². The maximum Gasteiger partial charge on any atom is 0.246 e. The highest BCUT2D eigenvalue weighted by Gasteiger charge is 2.26. The molecule has 1 aliphatic heterocycles. The molecule has 1 heterocycles. The molecule has 35 heavy (non-hydrogen) atoms. The Kier molecular flexibility index (Phi) is 9.73. The van der Waals surface area contributed by atoms with Crippen molar-refractivity contribution in [3.05, 3.63) is 107 Å². The van der Waals surface area contributed by atoms with E-state index in [0.29, 0.717) is 13.2 Å². The first-order valence-corrected chi connectivity index (χ1v) is 12.7. The number of hydrogen-bond acceptors (Lipinski definition) is 4. The smallest absolute Gasteiger partial charge is 0.246 e. The molecule has 4 rings (SSSR count). The fourth-order valence-electron chi connectivity index (χ4n) is 4.54. The molecule has 1 amide bonds. The number of benzene rings is 3. The van der Waals surface area contributed by atoms with Crippen molar-refractivity contribution >= 4 is 17.5 Å². The summed E-state index contributed by atoms with van der Waals surface area (Å²) in [5, 5.41) is 3.69. The van der Waals surface area contributed by atoms with E-state index in [4.69, 9.17) is 16.3 Å². The second kappa shape index (κ2) is 13.4. The van der Waals surface area contributed by atoms with Crippen molar-refractivity contribution in [2.45, 2.75) is 12.5 Å². The van der Waals surface area contributed by atoms with Crippen LogP contribution in [0.4, 0.5) is 0 Å². The van der Waals surface area contributed by atoms with E-state index < -0.39 is 0 Å². The Hall–Kier alpha value is -2.70. The summed E-state index contributed by atoms with van der Waals surface area (Å²) in [6.45, 7) is 6.04. The van der Waals surface area contributed by atoms with E-state index >= 15 is 0 Å². The van der Waals surface area contributed by atoms with Crippen molar-refractivity contribution in [2.24, 2.45) is 0 Å². The highest BCUT2D eigenvalue weighted by Crippen LogP contribution is 2.30. The molecule has 0 bridgehead atoms. The SMILES string of the molecule is O=C(COCCN1CCN([C@H](c2ccccc2)c2ccc(Cl)cc2)CC1)NCCc1ccccc1. The van der Waals surface area contributed by atoms with Crippen LogP contribution in [0.1, 0.15) is 22.7 Å². The first kappa shape index (κ1) is 25.4. The average Bonchev–Trinajstić information content (AvgIpc) is 2.90. The van der Waals surface area contributed by atoms with Crippen LogP contribution in [-0.4, -0.2) is 68.2 Å². The average molecular weight is 492 g/mol. The van der Waals surface area contributed by atoms with E-state index in [2.05, 4.69) is 69.7 Å². The number of carbonyl (C=O) groups is 1. The van der Waals surface area contributed by atoms with Gasteiger partial charge in [-0.2, -0.15) is 0 Å². The third kappa shape index (κ3) is 7.91. The molecule has 184 valence electrons. The van der Waals surface area contributed by atoms with Gasteiger partial charge in [-0.15, -0.1) is 0 Å². The summed E-state index contributed by atoms with van der Waals surface area (Å²) in [4.78, 5) is 17.0. The third-order valence-electron chi connectivity index (χ3n) is 6.44. The molecule has 6 heteroatoms. The number of rotatable bonds is 11. The predicted octanol–water partition coefficient (Wildman–Crippen LogP) is 4.42. The van der Waals surface area contributed by atoms with Gasteiger partial charge in [0.15, 0.2) is 0 Å². The topological polar surface area (TPSA) is 44.8 Å². The minimum Gasteiger partial charge on any atom is -0.370 e. The largest absolute Gasteiger partial charge is 0.370 e. The molecule has 5 nitrogen and oxygen atoms in total. The number of carbonyl (C=O) groups excluding carboxylic acids is 1. The molecule has 0 unspecified atom stereocenters. The molecule has 1 atom stereocenters. The standard InChI is InChI=1S/C29H34ClN3O2/c30-27-13-11-26(12-14-27)29(25-9-5-2-6-10-25)33-19-17-32(18-20-33)21-22-35-23-28(34)31-16-15-24-7-3-1-4-8-24/h1-14,29H,15-23H2,(H,31,34)/t29-/m1/s1. The van der Waals surface area contributed by atoms with Crippen LogP contribution in [0.25, 0.3) is 0 Å². The second-order valence-corrected chi connectivity index (χ2v) is 9.32. The number of ether oxygens (including phenoxy) is 1. The highest BCUT2D eigenvalue weighted by atomic mass is 35.5. The van der Waals surface area contributed by atoms with Gasteiger partial charge < -0.3 is 10.1 Å². The Morgan fingerprint density at radius 1 is 0.857 bits per heavy atom. The minimum absolute atomic E-state index is 0.0561. The van der Waals surface area contributed by atoms with Crippen molar-refractivity contribution in [3.63, 3.8) is 0 Å². The maximum atomic E-state index is 12.0. The van der Waals surface area contributed by atoms with Crippen LogP contribution in [0.15, 0.2) is 84.9 Å². The molecule has 1 saturated heterocycles. The molecule has 0 spiro atoms. The molecule has 0 saturated carbocycles. The molecule has 0 aromatic heterocycles. The van der Waals surface area contributed by atoms with Crippen molar-refractivity contribution in [2.75, 3.05) is 52.5 Å². The van der Waals surface area contributed by atoms with Gasteiger partial charge in [-0.05, 0) is 35.2 Å². The van der Waals surface area contributed by atoms with Gasteiger partial charge in [-0.1, -0.05) is 84.4 Å². The number of nitrogens with one attached hydrogen (secondary N) is 1. The zero-order chi connectivity index (χ0) is 24.3. The van der Waals surface area contributed by atoms with Crippen LogP contribution in [0.2, 0.25) is 5.02 Å². The highest BCUT2D eigenvalue weighted by molar-refractivity contribution is 6.30. The Bertz CT molecular complexity index is 1020. The summed E-state index contributed by atoms with van der Waals surface area (Å²) >= 11 is 6.14. The number of piperazine rings is 1. The van der Waals surface area contributed by atoms with Crippen LogP contribution in [0.3, 0.4) is 0 Å². The molecular weight excluding hydrogens is 458 g/mol. The van der Waals surface area contributed by atoms with Gasteiger partial charge in [0.25, 0.3) is 0 Å². The van der Waals surface area contributed by atoms with Gasteiger partial charge in [0.05, 0.1) is 12.6 Å². The zero-order valence-corrected chi connectivity index (χ0v) is 20.9. The summed E-state index contributed by atoms with van der Waals surface area (Å²) in [5.41, 5.74) is 3.78. The molecule has 3 aromatic carbocycles. The van der Waals surface area contributed by atoms with E-state index in [1.165, 1.54) is 16.7 Å². The lowest BCUT2D eigenvalue weighted by molar-refractivity contribution is -0.125. The number of nitrogens with zero attached hydrogens (tertiary/aromatic N) is 2. The molecule has 1 fully saturated rings. The summed E-state index contributed by atoms with van der Waals surface area (Å²) in [6, 6.07) is 29.2. The normalized spacial score (nSPS) is 15.6. The van der Waals surface area contributed by atoms with E-state index in [9.17, 15) is 4.79 Å². The minimum atomic E-state index is -0.0561. The van der Waals surface area contributed by atoms with Crippen LogP contribution >= 0.6 is 11.6 Å². The lowest BCUT2D eigenvalue weighted by atomic mass is 9.96. The van der Waals surface area contributed by atoms with Crippen LogP contribution in [-0.2, 0) is 16.0 Å². The van der Waals surface area contributed by atoms with Gasteiger partial charge >= 0.3 is 0 Å². The fourth-order valence-corrected chi connectivity index (χ4v) is 4.67. The number of hydrogen-bond donors (Lipinski definition) is 1. The Balaban J connectivity index is 1.18. The first-order chi connectivity index (χ1) is 17.2. The molecular formula is C29H34ClN3O2. The lowest BCUT2D eigenvalue weighted by Gasteiger charge is -2.39. The second-order valence-electron chi connectivity index (χ2n) is 8.88.